The predicted octanol–water partition coefficient (Wildman–Crippen LogP) is 2.81. The van der Waals surface area contributed by atoms with Crippen molar-refractivity contribution in [2.24, 2.45) is 11.7 Å². The second kappa shape index (κ2) is 6.96. The first-order chi connectivity index (χ1) is 8.61. The van der Waals surface area contributed by atoms with Crippen molar-refractivity contribution in [2.45, 2.75) is 45.2 Å². The fraction of sp³-hybridized carbons (Fsp3) is 0.643. The van der Waals surface area contributed by atoms with E-state index in [2.05, 4.69) is 6.92 Å². The zero-order valence-electron chi connectivity index (χ0n) is 11.6. The fourth-order valence-electron chi connectivity index (χ4n) is 2.60. The lowest BCUT2D eigenvalue weighted by atomic mass is 9.86. The zero-order chi connectivity index (χ0) is 13.1. The Labute approximate surface area is 120 Å². The molecule has 2 N–H and O–H groups in total. The minimum Gasteiger partial charge on any atom is -0.467 e. The van der Waals surface area contributed by atoms with Crippen LogP contribution >= 0.6 is 12.4 Å². The van der Waals surface area contributed by atoms with Crippen molar-refractivity contribution in [1.82, 2.24) is 4.90 Å². The lowest BCUT2D eigenvalue weighted by Crippen LogP contribution is -2.39. The van der Waals surface area contributed by atoms with Crippen LogP contribution in [-0.4, -0.2) is 23.9 Å². The van der Waals surface area contributed by atoms with Crippen molar-refractivity contribution in [3.8, 4) is 0 Å². The Bertz CT molecular complexity index is 411. The average molecular weight is 287 g/mol. The van der Waals surface area contributed by atoms with Gasteiger partial charge in [0.2, 0.25) is 0 Å². The van der Waals surface area contributed by atoms with E-state index in [4.69, 9.17) is 10.2 Å². The molecule has 1 fully saturated rings. The Morgan fingerprint density at radius 2 is 2.05 bits per heavy atom. The van der Waals surface area contributed by atoms with E-state index in [1.165, 1.54) is 19.1 Å². The highest BCUT2D eigenvalue weighted by Crippen LogP contribution is 2.27. The molecule has 19 heavy (non-hydrogen) atoms. The van der Waals surface area contributed by atoms with Gasteiger partial charge in [-0.15, -0.1) is 12.4 Å². The van der Waals surface area contributed by atoms with Gasteiger partial charge < -0.3 is 15.1 Å². The lowest BCUT2D eigenvalue weighted by Gasteiger charge is -2.33. The molecule has 1 aromatic rings. The van der Waals surface area contributed by atoms with Crippen molar-refractivity contribution >= 4 is 18.3 Å². The molecule has 1 heterocycles. The summed E-state index contributed by atoms with van der Waals surface area (Å²) in [6.45, 7) is 2.61. The monoisotopic (exact) mass is 286 g/mol. The van der Waals surface area contributed by atoms with Crippen LogP contribution in [0.15, 0.2) is 16.7 Å². The molecule has 0 bridgehead atoms. The number of amides is 1. The molecular weight excluding hydrogens is 264 g/mol. The average Bonchev–Trinajstić information content (AvgIpc) is 2.86. The molecule has 0 atom stereocenters. The summed E-state index contributed by atoms with van der Waals surface area (Å²) in [5, 5.41) is 0. The first-order valence-electron chi connectivity index (χ1n) is 6.66. The third kappa shape index (κ3) is 3.74. The number of rotatable bonds is 3. The number of carbonyl (C=O) groups excluding carboxylic acids is 1. The standard InChI is InChI=1S/C14H22N2O2.ClH/c1-10-3-5-12(6-4-10)16(2)14(17)11-7-13(8-15)18-9-11;/h7,9-10,12H,3-6,8,15H2,1-2H3;1H. The van der Waals surface area contributed by atoms with E-state index in [-0.39, 0.29) is 18.3 Å². The van der Waals surface area contributed by atoms with Gasteiger partial charge in [-0.05, 0) is 37.7 Å². The third-order valence-corrected chi connectivity index (χ3v) is 3.96. The van der Waals surface area contributed by atoms with E-state index in [0.717, 1.165) is 18.8 Å². The molecule has 0 saturated heterocycles. The molecular formula is C14H23ClN2O2. The molecule has 0 aliphatic heterocycles. The van der Waals surface area contributed by atoms with Crippen molar-refractivity contribution in [1.29, 1.82) is 0 Å². The summed E-state index contributed by atoms with van der Waals surface area (Å²) in [5.41, 5.74) is 6.09. The van der Waals surface area contributed by atoms with Crippen molar-refractivity contribution in [3.63, 3.8) is 0 Å². The highest BCUT2D eigenvalue weighted by molar-refractivity contribution is 5.94. The van der Waals surface area contributed by atoms with Crippen LogP contribution in [0, 0.1) is 5.92 Å². The van der Waals surface area contributed by atoms with E-state index in [1.54, 1.807) is 6.07 Å². The molecule has 0 unspecified atom stereocenters. The zero-order valence-corrected chi connectivity index (χ0v) is 12.4. The molecule has 2 rings (SSSR count). The van der Waals surface area contributed by atoms with Crippen LogP contribution in [0.4, 0.5) is 0 Å². The van der Waals surface area contributed by atoms with Gasteiger partial charge in [0.25, 0.3) is 5.91 Å². The molecule has 1 aliphatic rings. The van der Waals surface area contributed by atoms with Gasteiger partial charge >= 0.3 is 0 Å². The largest absolute Gasteiger partial charge is 0.467 e. The number of nitrogens with zero attached hydrogens (tertiary/aromatic N) is 1. The van der Waals surface area contributed by atoms with Crippen LogP contribution in [0.25, 0.3) is 0 Å². The summed E-state index contributed by atoms with van der Waals surface area (Å²) in [7, 11) is 1.89. The van der Waals surface area contributed by atoms with E-state index in [0.29, 0.717) is 23.9 Å². The van der Waals surface area contributed by atoms with Crippen molar-refractivity contribution < 1.29 is 9.21 Å². The maximum atomic E-state index is 12.3. The first kappa shape index (κ1) is 16.1. The summed E-state index contributed by atoms with van der Waals surface area (Å²) in [6, 6.07) is 2.11. The Morgan fingerprint density at radius 3 is 2.58 bits per heavy atom. The summed E-state index contributed by atoms with van der Waals surface area (Å²) in [5.74, 6) is 1.49. The van der Waals surface area contributed by atoms with Crippen LogP contribution < -0.4 is 5.73 Å². The maximum absolute atomic E-state index is 12.3. The molecule has 0 aromatic carbocycles. The minimum atomic E-state index is 0. The normalized spacial score (nSPS) is 22.7. The van der Waals surface area contributed by atoms with Gasteiger partial charge in [-0.25, -0.2) is 0 Å². The first-order valence-corrected chi connectivity index (χ1v) is 6.66. The minimum absolute atomic E-state index is 0. The molecule has 1 amide bonds. The predicted molar refractivity (Wildman–Crippen MR) is 77.4 cm³/mol. The summed E-state index contributed by atoms with van der Waals surface area (Å²) >= 11 is 0. The van der Waals surface area contributed by atoms with E-state index < -0.39 is 0 Å². The number of nitrogens with two attached hydrogens (primary N) is 1. The quantitative estimate of drug-likeness (QED) is 0.929. The molecule has 1 aliphatic carbocycles. The smallest absolute Gasteiger partial charge is 0.257 e. The van der Waals surface area contributed by atoms with Gasteiger partial charge in [-0.3, -0.25) is 4.79 Å². The van der Waals surface area contributed by atoms with E-state index in [1.807, 2.05) is 11.9 Å². The summed E-state index contributed by atoms with van der Waals surface area (Å²) < 4.78 is 5.22. The number of halogens is 1. The van der Waals surface area contributed by atoms with Crippen LogP contribution in [0.2, 0.25) is 0 Å². The molecule has 5 heteroatoms. The fourth-order valence-corrected chi connectivity index (χ4v) is 2.60. The van der Waals surface area contributed by atoms with Gasteiger partial charge in [0.1, 0.15) is 12.0 Å². The van der Waals surface area contributed by atoms with Gasteiger partial charge in [0, 0.05) is 13.1 Å². The topological polar surface area (TPSA) is 59.5 Å². The Kier molecular flexibility index (Phi) is 5.88. The van der Waals surface area contributed by atoms with Gasteiger partial charge in [0.05, 0.1) is 12.1 Å². The second-order valence-electron chi connectivity index (χ2n) is 5.34. The maximum Gasteiger partial charge on any atom is 0.257 e. The van der Waals surface area contributed by atoms with Crippen LogP contribution in [0.1, 0.15) is 48.7 Å². The number of furan rings is 1. The number of hydrogen-bond donors (Lipinski definition) is 1. The van der Waals surface area contributed by atoms with Crippen LogP contribution in [-0.2, 0) is 6.54 Å². The van der Waals surface area contributed by atoms with Crippen LogP contribution in [0.3, 0.4) is 0 Å². The Morgan fingerprint density at radius 1 is 1.42 bits per heavy atom. The summed E-state index contributed by atoms with van der Waals surface area (Å²) in [6.07, 6.45) is 6.13. The third-order valence-electron chi connectivity index (χ3n) is 3.96. The molecule has 0 radical (unpaired) electrons. The highest BCUT2D eigenvalue weighted by Gasteiger charge is 2.26. The van der Waals surface area contributed by atoms with Gasteiger partial charge in [-0.2, -0.15) is 0 Å². The van der Waals surface area contributed by atoms with Gasteiger partial charge in [0.15, 0.2) is 0 Å². The SMILES string of the molecule is CC1CCC(N(C)C(=O)c2coc(CN)c2)CC1.Cl. The van der Waals surface area contributed by atoms with E-state index in [9.17, 15) is 4.79 Å². The van der Waals surface area contributed by atoms with Crippen molar-refractivity contribution in [3.05, 3.63) is 23.7 Å². The van der Waals surface area contributed by atoms with E-state index >= 15 is 0 Å². The second-order valence-corrected chi connectivity index (χ2v) is 5.34. The molecule has 108 valence electrons. The highest BCUT2D eigenvalue weighted by atomic mass is 35.5. The Hall–Kier alpha value is -1.00. The molecule has 1 aromatic heterocycles. The van der Waals surface area contributed by atoms with Crippen molar-refractivity contribution in [2.75, 3.05) is 7.05 Å². The molecule has 4 nitrogen and oxygen atoms in total. The number of carbonyl (C=O) groups is 1. The molecule has 0 spiro atoms. The molecule has 1 saturated carbocycles. The summed E-state index contributed by atoms with van der Waals surface area (Å²) in [4.78, 5) is 14.1. The Balaban J connectivity index is 0.00000180. The number of hydrogen-bond acceptors (Lipinski definition) is 3. The van der Waals surface area contributed by atoms with Gasteiger partial charge in [-0.1, -0.05) is 6.92 Å². The lowest BCUT2D eigenvalue weighted by molar-refractivity contribution is 0.0679. The van der Waals surface area contributed by atoms with Crippen LogP contribution in [0.5, 0.6) is 0 Å².